The van der Waals surface area contributed by atoms with Crippen LogP contribution in [0.2, 0.25) is 0 Å². The van der Waals surface area contributed by atoms with Crippen LogP contribution in [0.15, 0.2) is 12.5 Å². The summed E-state index contributed by atoms with van der Waals surface area (Å²) in [7, 11) is 2.05. The van der Waals surface area contributed by atoms with Gasteiger partial charge >= 0.3 is 0 Å². The van der Waals surface area contributed by atoms with Gasteiger partial charge in [0.05, 0.1) is 12.0 Å². The molecule has 0 amide bonds. The van der Waals surface area contributed by atoms with E-state index in [0.29, 0.717) is 0 Å². The Balaban J connectivity index is 1.79. The predicted molar refractivity (Wildman–Crippen MR) is 56.9 cm³/mol. The molecule has 1 aromatic rings. The van der Waals surface area contributed by atoms with Gasteiger partial charge in [0.25, 0.3) is 0 Å². The molecule has 3 nitrogen and oxygen atoms in total. The Kier molecular flexibility index (Phi) is 3.19. The average molecular weight is 193 g/mol. The number of hydrogen-bond donors (Lipinski definition) is 1. The van der Waals surface area contributed by atoms with Crippen LogP contribution in [0.25, 0.3) is 0 Å². The number of imidazole rings is 1. The van der Waals surface area contributed by atoms with Gasteiger partial charge in [0.15, 0.2) is 0 Å². The minimum Gasteiger partial charge on any atom is -0.337 e. The van der Waals surface area contributed by atoms with Crippen molar-refractivity contribution in [1.82, 2.24) is 14.9 Å². The first-order valence-electron chi connectivity index (χ1n) is 5.55. The SMILES string of the molecule is Cn1cncc1CNC1CCCCC1. The van der Waals surface area contributed by atoms with E-state index in [9.17, 15) is 0 Å². The highest BCUT2D eigenvalue weighted by Gasteiger charge is 2.12. The Hall–Kier alpha value is -0.830. The normalized spacial score (nSPS) is 18.6. The smallest absolute Gasteiger partial charge is 0.0945 e. The molecule has 1 fully saturated rings. The van der Waals surface area contributed by atoms with Gasteiger partial charge in [0.2, 0.25) is 0 Å². The minimum absolute atomic E-state index is 0.735. The number of aryl methyl sites for hydroxylation is 1. The number of aromatic nitrogens is 2. The molecule has 0 unspecified atom stereocenters. The van der Waals surface area contributed by atoms with Crippen molar-refractivity contribution in [2.45, 2.75) is 44.7 Å². The van der Waals surface area contributed by atoms with E-state index < -0.39 is 0 Å². The summed E-state index contributed by atoms with van der Waals surface area (Å²) in [6.45, 7) is 0.959. The number of hydrogen-bond acceptors (Lipinski definition) is 2. The van der Waals surface area contributed by atoms with E-state index in [1.807, 2.05) is 19.6 Å². The standard InChI is InChI=1S/C11H19N3/c1-14-9-12-7-11(14)8-13-10-5-3-2-4-6-10/h7,9-10,13H,2-6,8H2,1H3. The fourth-order valence-electron chi connectivity index (χ4n) is 2.11. The lowest BCUT2D eigenvalue weighted by atomic mass is 9.95. The molecule has 0 saturated heterocycles. The summed E-state index contributed by atoms with van der Waals surface area (Å²) in [6.07, 6.45) is 10.7. The van der Waals surface area contributed by atoms with Gasteiger partial charge in [0.1, 0.15) is 0 Å². The first kappa shape index (κ1) is 9.71. The van der Waals surface area contributed by atoms with Crippen LogP contribution in [0.1, 0.15) is 37.8 Å². The number of rotatable bonds is 3. The molecular weight excluding hydrogens is 174 g/mol. The number of nitrogens with zero attached hydrogens (tertiary/aromatic N) is 2. The molecule has 1 aliphatic rings. The van der Waals surface area contributed by atoms with E-state index in [2.05, 4.69) is 14.9 Å². The summed E-state index contributed by atoms with van der Waals surface area (Å²) < 4.78 is 2.08. The van der Waals surface area contributed by atoms with Gasteiger partial charge in [-0.1, -0.05) is 19.3 Å². The molecule has 0 radical (unpaired) electrons. The Labute approximate surface area is 85.5 Å². The lowest BCUT2D eigenvalue weighted by Crippen LogP contribution is -2.30. The van der Waals surface area contributed by atoms with E-state index in [-0.39, 0.29) is 0 Å². The third-order valence-corrected chi connectivity index (χ3v) is 3.09. The summed E-state index contributed by atoms with van der Waals surface area (Å²) in [4.78, 5) is 4.11. The second kappa shape index (κ2) is 4.60. The maximum atomic E-state index is 4.11. The molecular formula is C11H19N3. The lowest BCUT2D eigenvalue weighted by molar-refractivity contribution is 0.369. The second-order valence-corrected chi connectivity index (χ2v) is 4.21. The van der Waals surface area contributed by atoms with E-state index in [0.717, 1.165) is 12.6 Å². The molecule has 2 rings (SSSR count). The Morgan fingerprint density at radius 1 is 1.43 bits per heavy atom. The zero-order valence-electron chi connectivity index (χ0n) is 8.87. The molecule has 0 spiro atoms. The van der Waals surface area contributed by atoms with Gasteiger partial charge in [0, 0.05) is 25.8 Å². The second-order valence-electron chi connectivity index (χ2n) is 4.21. The van der Waals surface area contributed by atoms with Gasteiger partial charge < -0.3 is 9.88 Å². The molecule has 1 aliphatic carbocycles. The summed E-state index contributed by atoms with van der Waals surface area (Å²) in [5.74, 6) is 0. The highest BCUT2D eigenvalue weighted by molar-refractivity contribution is 4.97. The quantitative estimate of drug-likeness (QED) is 0.794. The first-order chi connectivity index (χ1) is 6.86. The Morgan fingerprint density at radius 2 is 2.21 bits per heavy atom. The maximum Gasteiger partial charge on any atom is 0.0945 e. The fourth-order valence-corrected chi connectivity index (χ4v) is 2.11. The highest BCUT2D eigenvalue weighted by atomic mass is 15.0. The van der Waals surface area contributed by atoms with Gasteiger partial charge in [-0.3, -0.25) is 0 Å². The lowest BCUT2D eigenvalue weighted by Gasteiger charge is -2.22. The molecule has 1 heterocycles. The summed E-state index contributed by atoms with van der Waals surface area (Å²) >= 11 is 0. The molecule has 0 bridgehead atoms. The van der Waals surface area contributed by atoms with Crippen LogP contribution in [-0.4, -0.2) is 15.6 Å². The van der Waals surface area contributed by atoms with Crippen molar-refractivity contribution in [3.63, 3.8) is 0 Å². The van der Waals surface area contributed by atoms with Gasteiger partial charge in [-0.2, -0.15) is 0 Å². The van der Waals surface area contributed by atoms with E-state index in [1.54, 1.807) is 0 Å². The van der Waals surface area contributed by atoms with Crippen molar-refractivity contribution in [2.75, 3.05) is 0 Å². The maximum absolute atomic E-state index is 4.11. The monoisotopic (exact) mass is 193 g/mol. The van der Waals surface area contributed by atoms with Crippen LogP contribution < -0.4 is 5.32 Å². The van der Waals surface area contributed by atoms with Gasteiger partial charge in [-0.15, -0.1) is 0 Å². The third-order valence-electron chi connectivity index (χ3n) is 3.09. The van der Waals surface area contributed by atoms with Crippen LogP contribution >= 0.6 is 0 Å². The summed E-state index contributed by atoms with van der Waals surface area (Å²) in [5, 5.41) is 3.60. The van der Waals surface area contributed by atoms with Crippen molar-refractivity contribution in [2.24, 2.45) is 7.05 Å². The van der Waals surface area contributed by atoms with Crippen LogP contribution in [0.3, 0.4) is 0 Å². The van der Waals surface area contributed by atoms with E-state index in [1.165, 1.54) is 37.8 Å². The first-order valence-corrected chi connectivity index (χ1v) is 5.55. The molecule has 0 atom stereocenters. The fraction of sp³-hybridized carbons (Fsp3) is 0.727. The van der Waals surface area contributed by atoms with Crippen molar-refractivity contribution >= 4 is 0 Å². The average Bonchev–Trinajstić information content (AvgIpc) is 2.63. The van der Waals surface area contributed by atoms with Crippen LogP contribution in [0.5, 0.6) is 0 Å². The highest BCUT2D eigenvalue weighted by Crippen LogP contribution is 2.17. The van der Waals surface area contributed by atoms with Crippen molar-refractivity contribution < 1.29 is 0 Å². The van der Waals surface area contributed by atoms with Gasteiger partial charge in [-0.05, 0) is 12.8 Å². The molecule has 0 aromatic carbocycles. The number of nitrogens with one attached hydrogen (secondary N) is 1. The zero-order valence-corrected chi connectivity index (χ0v) is 8.87. The van der Waals surface area contributed by atoms with E-state index in [4.69, 9.17) is 0 Å². The van der Waals surface area contributed by atoms with Crippen LogP contribution in [0, 0.1) is 0 Å². The van der Waals surface area contributed by atoms with Gasteiger partial charge in [-0.25, -0.2) is 4.98 Å². The molecule has 1 saturated carbocycles. The molecule has 1 N–H and O–H groups in total. The van der Waals surface area contributed by atoms with Crippen molar-refractivity contribution in [3.05, 3.63) is 18.2 Å². The largest absolute Gasteiger partial charge is 0.337 e. The summed E-state index contributed by atoms with van der Waals surface area (Å²) in [6, 6.07) is 0.735. The zero-order chi connectivity index (χ0) is 9.80. The molecule has 14 heavy (non-hydrogen) atoms. The van der Waals surface area contributed by atoms with Crippen molar-refractivity contribution in [3.8, 4) is 0 Å². The third kappa shape index (κ3) is 2.35. The molecule has 0 aliphatic heterocycles. The Bertz CT molecular complexity index is 274. The Morgan fingerprint density at radius 3 is 2.86 bits per heavy atom. The molecule has 3 heteroatoms. The predicted octanol–water partition coefficient (Wildman–Crippen LogP) is 1.84. The molecule has 78 valence electrons. The molecule has 1 aromatic heterocycles. The topological polar surface area (TPSA) is 29.9 Å². The minimum atomic E-state index is 0.735. The van der Waals surface area contributed by atoms with Crippen molar-refractivity contribution in [1.29, 1.82) is 0 Å². The van der Waals surface area contributed by atoms with E-state index >= 15 is 0 Å². The summed E-state index contributed by atoms with van der Waals surface area (Å²) in [5.41, 5.74) is 1.27. The van der Waals surface area contributed by atoms with Crippen LogP contribution in [-0.2, 0) is 13.6 Å². The van der Waals surface area contributed by atoms with Crippen LogP contribution in [0.4, 0.5) is 0 Å².